The minimum Gasteiger partial charge on any atom is -0.320 e. The lowest BCUT2D eigenvalue weighted by Gasteiger charge is -2.16. The Labute approximate surface area is 117 Å². The van der Waals surface area contributed by atoms with Gasteiger partial charge in [-0.2, -0.15) is 13.2 Å². The van der Waals surface area contributed by atoms with Gasteiger partial charge in [0.2, 0.25) is 0 Å². The Kier molecular flexibility index (Phi) is 3.96. The number of halogens is 4. The molecule has 0 aliphatic rings. The van der Waals surface area contributed by atoms with Crippen LogP contribution in [0.4, 0.5) is 13.2 Å². The minimum absolute atomic E-state index is 0.418. The third-order valence-corrected chi connectivity index (χ3v) is 3.54. The predicted octanol–water partition coefficient (Wildman–Crippen LogP) is 4.52. The Morgan fingerprint density at radius 1 is 1.00 bits per heavy atom. The number of hydrogen-bond acceptors (Lipinski definition) is 1. The summed E-state index contributed by atoms with van der Waals surface area (Å²) in [7, 11) is 0. The molecular weight excluding hydrogens is 319 g/mol. The highest BCUT2D eigenvalue weighted by Gasteiger charge is 2.31. The number of hydrogen-bond donors (Lipinski definition) is 1. The third kappa shape index (κ3) is 3.16. The molecule has 0 bridgehead atoms. The standard InChI is InChI=1S/C14H11BrF3N/c15-12-7-6-10(14(16,17)18)8-11(12)13(19)9-4-2-1-3-5-9/h1-8,13H,19H2. The van der Waals surface area contributed by atoms with E-state index in [1.165, 1.54) is 6.07 Å². The van der Waals surface area contributed by atoms with E-state index in [-0.39, 0.29) is 0 Å². The van der Waals surface area contributed by atoms with E-state index in [4.69, 9.17) is 5.73 Å². The first-order valence-electron chi connectivity index (χ1n) is 5.57. The fourth-order valence-corrected chi connectivity index (χ4v) is 2.29. The molecule has 0 saturated carbocycles. The van der Waals surface area contributed by atoms with E-state index in [2.05, 4.69) is 15.9 Å². The second-order valence-electron chi connectivity index (χ2n) is 4.12. The lowest BCUT2D eigenvalue weighted by Crippen LogP contribution is -2.14. The first-order valence-corrected chi connectivity index (χ1v) is 6.36. The molecule has 1 atom stereocenters. The number of nitrogens with two attached hydrogens (primary N) is 1. The quantitative estimate of drug-likeness (QED) is 0.861. The van der Waals surface area contributed by atoms with Crippen LogP contribution >= 0.6 is 15.9 Å². The Hall–Kier alpha value is -1.33. The second-order valence-corrected chi connectivity index (χ2v) is 4.98. The van der Waals surface area contributed by atoms with Crippen LogP contribution in [0.3, 0.4) is 0 Å². The molecule has 0 heterocycles. The lowest BCUT2D eigenvalue weighted by atomic mass is 9.98. The lowest BCUT2D eigenvalue weighted by molar-refractivity contribution is -0.137. The topological polar surface area (TPSA) is 26.0 Å². The van der Waals surface area contributed by atoms with Gasteiger partial charge in [-0.3, -0.25) is 0 Å². The van der Waals surface area contributed by atoms with Crippen molar-refractivity contribution in [3.05, 3.63) is 69.7 Å². The van der Waals surface area contributed by atoms with Crippen LogP contribution < -0.4 is 5.73 Å². The maximum absolute atomic E-state index is 12.7. The van der Waals surface area contributed by atoms with Crippen molar-refractivity contribution < 1.29 is 13.2 Å². The summed E-state index contributed by atoms with van der Waals surface area (Å²) in [5.74, 6) is 0. The van der Waals surface area contributed by atoms with Crippen LogP contribution in [0, 0.1) is 0 Å². The zero-order valence-electron chi connectivity index (χ0n) is 9.79. The first kappa shape index (κ1) is 14.1. The zero-order chi connectivity index (χ0) is 14.0. The van der Waals surface area contributed by atoms with Gasteiger partial charge in [0.15, 0.2) is 0 Å². The molecule has 0 aliphatic heterocycles. The Balaban J connectivity index is 2.45. The molecule has 2 aromatic rings. The highest BCUT2D eigenvalue weighted by atomic mass is 79.9. The molecule has 0 radical (unpaired) electrons. The minimum atomic E-state index is -4.37. The monoisotopic (exact) mass is 329 g/mol. The molecule has 5 heteroatoms. The molecule has 1 unspecified atom stereocenters. The van der Waals surface area contributed by atoms with E-state index in [0.29, 0.717) is 10.0 Å². The van der Waals surface area contributed by atoms with Crippen LogP contribution in [-0.2, 0) is 6.18 Å². The van der Waals surface area contributed by atoms with E-state index in [1.807, 2.05) is 6.07 Å². The van der Waals surface area contributed by atoms with Crippen LogP contribution in [0.5, 0.6) is 0 Å². The molecule has 19 heavy (non-hydrogen) atoms. The van der Waals surface area contributed by atoms with Crippen LogP contribution in [-0.4, -0.2) is 0 Å². The van der Waals surface area contributed by atoms with Gasteiger partial charge in [0.1, 0.15) is 0 Å². The van der Waals surface area contributed by atoms with Crippen LogP contribution in [0.15, 0.2) is 53.0 Å². The van der Waals surface area contributed by atoms with Gasteiger partial charge in [-0.15, -0.1) is 0 Å². The molecule has 0 fully saturated rings. The molecule has 2 aromatic carbocycles. The normalized spacial score (nSPS) is 13.3. The summed E-state index contributed by atoms with van der Waals surface area (Å²) in [4.78, 5) is 0. The third-order valence-electron chi connectivity index (χ3n) is 2.82. The van der Waals surface area contributed by atoms with Gasteiger partial charge in [-0.25, -0.2) is 0 Å². The van der Waals surface area contributed by atoms with Crippen molar-refractivity contribution in [2.45, 2.75) is 12.2 Å². The maximum Gasteiger partial charge on any atom is 0.416 e. The number of benzene rings is 2. The Morgan fingerprint density at radius 3 is 2.21 bits per heavy atom. The van der Waals surface area contributed by atoms with Crippen molar-refractivity contribution in [2.75, 3.05) is 0 Å². The van der Waals surface area contributed by atoms with Crippen molar-refractivity contribution in [1.29, 1.82) is 0 Å². The van der Waals surface area contributed by atoms with E-state index in [9.17, 15) is 13.2 Å². The molecule has 1 nitrogen and oxygen atoms in total. The van der Waals surface area contributed by atoms with Crippen LogP contribution in [0.25, 0.3) is 0 Å². The van der Waals surface area contributed by atoms with E-state index in [1.54, 1.807) is 24.3 Å². The molecule has 0 aliphatic carbocycles. The average molecular weight is 330 g/mol. The van der Waals surface area contributed by atoms with Crippen molar-refractivity contribution in [3.63, 3.8) is 0 Å². The Morgan fingerprint density at radius 2 is 1.63 bits per heavy atom. The predicted molar refractivity (Wildman–Crippen MR) is 71.6 cm³/mol. The van der Waals surface area contributed by atoms with Crippen molar-refractivity contribution in [1.82, 2.24) is 0 Å². The highest BCUT2D eigenvalue weighted by molar-refractivity contribution is 9.10. The number of rotatable bonds is 2. The van der Waals surface area contributed by atoms with Gasteiger partial charge in [0.05, 0.1) is 11.6 Å². The average Bonchev–Trinajstić information content (AvgIpc) is 2.38. The summed E-state index contributed by atoms with van der Waals surface area (Å²) in [6.07, 6.45) is -4.37. The largest absolute Gasteiger partial charge is 0.416 e. The van der Waals surface area contributed by atoms with Gasteiger partial charge in [0, 0.05) is 4.47 Å². The second kappa shape index (κ2) is 5.35. The van der Waals surface area contributed by atoms with Crippen LogP contribution in [0.2, 0.25) is 0 Å². The van der Waals surface area contributed by atoms with Gasteiger partial charge in [0.25, 0.3) is 0 Å². The first-order chi connectivity index (χ1) is 8.89. The summed E-state index contributed by atoms with van der Waals surface area (Å²) < 4.78 is 38.7. The van der Waals surface area contributed by atoms with Crippen molar-refractivity contribution in [2.24, 2.45) is 5.73 Å². The molecule has 0 spiro atoms. The summed E-state index contributed by atoms with van der Waals surface area (Å²) in [6, 6.07) is 11.9. The molecule has 0 aromatic heterocycles. The zero-order valence-corrected chi connectivity index (χ0v) is 11.4. The molecular formula is C14H11BrF3N. The number of alkyl halides is 3. The van der Waals surface area contributed by atoms with Crippen LogP contribution in [0.1, 0.15) is 22.7 Å². The van der Waals surface area contributed by atoms with Gasteiger partial charge >= 0.3 is 6.18 Å². The summed E-state index contributed by atoms with van der Waals surface area (Å²) in [6.45, 7) is 0. The van der Waals surface area contributed by atoms with Gasteiger partial charge in [-0.1, -0.05) is 46.3 Å². The highest BCUT2D eigenvalue weighted by Crippen LogP contribution is 2.34. The summed E-state index contributed by atoms with van der Waals surface area (Å²) >= 11 is 3.25. The summed E-state index contributed by atoms with van der Waals surface area (Å²) in [5.41, 5.74) is 6.52. The molecule has 0 amide bonds. The van der Waals surface area contributed by atoms with Gasteiger partial charge in [-0.05, 0) is 29.3 Å². The summed E-state index contributed by atoms with van der Waals surface area (Å²) in [5, 5.41) is 0. The van der Waals surface area contributed by atoms with E-state index < -0.39 is 17.8 Å². The molecule has 0 saturated heterocycles. The Bertz CT molecular complexity index is 567. The molecule has 2 rings (SSSR count). The van der Waals surface area contributed by atoms with Crippen molar-refractivity contribution in [3.8, 4) is 0 Å². The molecule has 2 N–H and O–H groups in total. The van der Waals surface area contributed by atoms with E-state index in [0.717, 1.165) is 17.7 Å². The fraction of sp³-hybridized carbons (Fsp3) is 0.143. The SMILES string of the molecule is NC(c1ccccc1)c1cc(C(F)(F)F)ccc1Br. The van der Waals surface area contributed by atoms with E-state index >= 15 is 0 Å². The van der Waals surface area contributed by atoms with Gasteiger partial charge < -0.3 is 5.73 Å². The fourth-order valence-electron chi connectivity index (χ4n) is 1.80. The molecule has 100 valence electrons. The maximum atomic E-state index is 12.7. The van der Waals surface area contributed by atoms with Crippen molar-refractivity contribution >= 4 is 15.9 Å². The smallest absolute Gasteiger partial charge is 0.320 e.